The van der Waals surface area contributed by atoms with Crippen molar-refractivity contribution in [2.24, 2.45) is 0 Å². The largest absolute Gasteiger partial charge is 0.497 e. The highest BCUT2D eigenvalue weighted by atomic mass is 32.2. The highest BCUT2D eigenvalue weighted by Crippen LogP contribution is 2.25. The van der Waals surface area contributed by atoms with Crippen molar-refractivity contribution in [1.29, 1.82) is 0 Å². The lowest BCUT2D eigenvalue weighted by Crippen LogP contribution is -2.46. The van der Waals surface area contributed by atoms with Crippen LogP contribution in [0.5, 0.6) is 11.5 Å². The second-order valence-corrected chi connectivity index (χ2v) is 8.31. The molecule has 164 valence electrons. The van der Waals surface area contributed by atoms with Gasteiger partial charge in [0, 0.05) is 13.0 Å². The Labute approximate surface area is 175 Å². The summed E-state index contributed by atoms with van der Waals surface area (Å²) in [7, 11) is -2.62. The zero-order valence-corrected chi connectivity index (χ0v) is 17.6. The van der Waals surface area contributed by atoms with E-state index >= 15 is 0 Å². The van der Waals surface area contributed by atoms with Crippen LogP contribution in [0, 0.1) is 0 Å². The molecule has 0 fully saturated rings. The topological polar surface area (TPSA) is 105 Å². The molecule has 0 aliphatic carbocycles. The molecule has 1 atom stereocenters. The Bertz CT molecular complexity index is 937. The average molecular weight is 440 g/mol. The van der Waals surface area contributed by atoms with Gasteiger partial charge in [-0.25, -0.2) is 13.9 Å². The number of nitrogens with zero attached hydrogens (tertiary/aromatic N) is 1. The Balaban J connectivity index is 2.34. The first-order chi connectivity index (χ1) is 14.3. The fourth-order valence-corrected chi connectivity index (χ4v) is 4.27. The summed E-state index contributed by atoms with van der Waals surface area (Å²) >= 11 is 0. The van der Waals surface area contributed by atoms with Crippen LogP contribution in [-0.2, 0) is 21.4 Å². The minimum absolute atomic E-state index is 0.0548. The third-order valence-corrected chi connectivity index (χ3v) is 6.30. The monoisotopic (exact) mass is 440 g/mol. The molecule has 2 aromatic rings. The molecule has 0 aromatic heterocycles. The summed E-state index contributed by atoms with van der Waals surface area (Å²) in [6, 6.07) is 11.2. The maximum Gasteiger partial charge on any atom is 0.261 e. The molecule has 8 nitrogen and oxygen atoms in total. The van der Waals surface area contributed by atoms with Gasteiger partial charge in [-0.15, -0.1) is 0 Å². The van der Waals surface area contributed by atoms with Crippen molar-refractivity contribution >= 4 is 15.9 Å². The molecule has 1 unspecified atom stereocenters. The van der Waals surface area contributed by atoms with Gasteiger partial charge in [0.1, 0.15) is 17.5 Å². The molecule has 0 aliphatic heterocycles. The molecular formula is C20H25FN2O6S. The van der Waals surface area contributed by atoms with Crippen LogP contribution in [-0.4, -0.2) is 50.3 Å². The third kappa shape index (κ3) is 5.91. The predicted octanol–water partition coefficient (Wildman–Crippen LogP) is 2.52. The number of ether oxygens (including phenoxy) is 2. The molecule has 10 heteroatoms. The number of hydrogen-bond donors (Lipinski definition) is 2. The Kier molecular flexibility index (Phi) is 8.58. The average Bonchev–Trinajstić information content (AvgIpc) is 2.77. The molecule has 0 saturated heterocycles. The van der Waals surface area contributed by atoms with E-state index in [9.17, 15) is 17.6 Å². The lowest BCUT2D eigenvalue weighted by atomic mass is 10.2. The number of carbonyl (C=O) groups excluding carboxylic acids is 1. The van der Waals surface area contributed by atoms with Crippen LogP contribution in [0.1, 0.15) is 18.9 Å². The first kappa shape index (κ1) is 23.6. The highest BCUT2D eigenvalue weighted by molar-refractivity contribution is 7.89. The minimum Gasteiger partial charge on any atom is -0.497 e. The Morgan fingerprint density at radius 3 is 2.50 bits per heavy atom. The highest BCUT2D eigenvalue weighted by Gasteiger charge is 2.33. The Morgan fingerprint density at radius 2 is 1.90 bits per heavy atom. The summed E-state index contributed by atoms with van der Waals surface area (Å²) in [5.74, 6) is 0.0782. The fourth-order valence-electron chi connectivity index (χ4n) is 2.69. The maximum atomic E-state index is 13.3. The van der Waals surface area contributed by atoms with E-state index in [0.29, 0.717) is 17.1 Å². The van der Waals surface area contributed by atoms with Crippen molar-refractivity contribution in [3.63, 3.8) is 0 Å². The molecular weight excluding hydrogens is 415 g/mol. The lowest BCUT2D eigenvalue weighted by molar-refractivity contribution is -0.132. The minimum atomic E-state index is -4.11. The molecule has 0 radical (unpaired) electrons. The number of nitrogens with one attached hydrogen (secondary N) is 1. The number of alkyl halides is 1. The second-order valence-electron chi connectivity index (χ2n) is 6.42. The summed E-state index contributed by atoms with van der Waals surface area (Å²) < 4.78 is 50.2. The molecule has 2 aromatic carbocycles. The van der Waals surface area contributed by atoms with E-state index in [1.165, 1.54) is 43.8 Å². The zero-order chi connectivity index (χ0) is 22.1. The summed E-state index contributed by atoms with van der Waals surface area (Å²) in [5.41, 5.74) is 2.09. The van der Waals surface area contributed by atoms with Crippen molar-refractivity contribution in [1.82, 2.24) is 9.79 Å². The number of carbonyl (C=O) groups is 1. The van der Waals surface area contributed by atoms with Gasteiger partial charge in [0.25, 0.3) is 5.91 Å². The zero-order valence-electron chi connectivity index (χ0n) is 16.7. The molecule has 0 heterocycles. The lowest BCUT2D eigenvalue weighted by Gasteiger charge is -2.27. The molecule has 0 spiro atoms. The molecule has 2 N–H and O–H groups in total. The van der Waals surface area contributed by atoms with Crippen molar-refractivity contribution in [2.45, 2.75) is 30.8 Å². The van der Waals surface area contributed by atoms with Crippen LogP contribution in [0.4, 0.5) is 4.39 Å². The smallest absolute Gasteiger partial charge is 0.261 e. The number of benzene rings is 2. The van der Waals surface area contributed by atoms with E-state index in [4.69, 9.17) is 14.7 Å². The number of rotatable bonds is 11. The number of hydrogen-bond acceptors (Lipinski definition) is 6. The van der Waals surface area contributed by atoms with Gasteiger partial charge in [0.05, 0.1) is 25.3 Å². The van der Waals surface area contributed by atoms with Gasteiger partial charge >= 0.3 is 0 Å². The Morgan fingerprint density at radius 1 is 1.20 bits per heavy atom. The van der Waals surface area contributed by atoms with Crippen LogP contribution < -0.4 is 15.0 Å². The number of amides is 1. The van der Waals surface area contributed by atoms with E-state index in [-0.39, 0.29) is 24.5 Å². The number of halogens is 1. The van der Waals surface area contributed by atoms with E-state index in [1.54, 1.807) is 24.3 Å². The van der Waals surface area contributed by atoms with Gasteiger partial charge in [-0.3, -0.25) is 14.4 Å². The first-order valence-electron chi connectivity index (χ1n) is 9.21. The van der Waals surface area contributed by atoms with Crippen LogP contribution in [0.15, 0.2) is 53.4 Å². The van der Waals surface area contributed by atoms with Gasteiger partial charge in [0.2, 0.25) is 10.0 Å². The van der Waals surface area contributed by atoms with E-state index in [0.717, 1.165) is 4.31 Å². The van der Waals surface area contributed by atoms with E-state index in [2.05, 4.69) is 0 Å². The van der Waals surface area contributed by atoms with Crippen molar-refractivity contribution < 1.29 is 32.3 Å². The third-order valence-electron chi connectivity index (χ3n) is 4.37. The second kappa shape index (κ2) is 10.9. The van der Waals surface area contributed by atoms with Crippen LogP contribution in [0.3, 0.4) is 0 Å². The van der Waals surface area contributed by atoms with Crippen molar-refractivity contribution in [3.8, 4) is 11.5 Å². The molecule has 0 bridgehead atoms. The molecule has 1 amide bonds. The van der Waals surface area contributed by atoms with Crippen LogP contribution in [0.25, 0.3) is 0 Å². The van der Waals surface area contributed by atoms with Gasteiger partial charge in [0.15, 0.2) is 0 Å². The molecule has 2 rings (SSSR count). The number of methoxy groups -OCH3 is 1. The van der Waals surface area contributed by atoms with Crippen molar-refractivity contribution in [3.05, 3.63) is 54.1 Å². The van der Waals surface area contributed by atoms with Crippen molar-refractivity contribution in [2.75, 3.05) is 20.4 Å². The quantitative estimate of drug-likeness (QED) is 0.316. The number of hydroxylamine groups is 1. The SMILES string of the molecule is COc1cccc(CN(C(C)C(=O)NO)S(=O)(=O)c2ccc(OCCCF)cc2)c1. The van der Waals surface area contributed by atoms with Gasteiger partial charge in [-0.2, -0.15) is 4.31 Å². The fraction of sp³-hybridized carbons (Fsp3) is 0.350. The first-order valence-corrected chi connectivity index (χ1v) is 10.6. The molecule has 30 heavy (non-hydrogen) atoms. The van der Waals surface area contributed by atoms with Crippen LogP contribution >= 0.6 is 0 Å². The Hall–Kier alpha value is -2.69. The predicted molar refractivity (Wildman–Crippen MR) is 108 cm³/mol. The summed E-state index contributed by atoms with van der Waals surface area (Å²) in [6.07, 6.45) is 0.238. The van der Waals surface area contributed by atoms with Gasteiger partial charge < -0.3 is 9.47 Å². The van der Waals surface area contributed by atoms with Crippen LogP contribution in [0.2, 0.25) is 0 Å². The maximum absolute atomic E-state index is 13.3. The summed E-state index contributed by atoms with van der Waals surface area (Å²) in [6.45, 7) is 0.926. The molecule has 0 aliphatic rings. The summed E-state index contributed by atoms with van der Waals surface area (Å²) in [4.78, 5) is 11.9. The normalized spacial score (nSPS) is 12.4. The standard InChI is InChI=1S/C20H25FN2O6S/c1-15(20(24)22-25)23(14-16-5-3-6-18(13-16)28-2)30(26,27)19-9-7-17(8-10-19)29-12-4-11-21/h3,5-10,13,15,25H,4,11-12,14H2,1-2H3,(H,22,24). The number of sulfonamides is 1. The van der Waals surface area contributed by atoms with E-state index in [1.807, 2.05) is 0 Å². The molecule has 0 saturated carbocycles. The van der Waals surface area contributed by atoms with Gasteiger partial charge in [-0.1, -0.05) is 12.1 Å². The van der Waals surface area contributed by atoms with Gasteiger partial charge in [-0.05, 0) is 48.9 Å². The summed E-state index contributed by atoms with van der Waals surface area (Å²) in [5, 5.41) is 8.99. The van der Waals surface area contributed by atoms with E-state index < -0.39 is 28.6 Å².